The van der Waals surface area contributed by atoms with Crippen molar-refractivity contribution in [2.24, 2.45) is 5.73 Å². The fourth-order valence-electron chi connectivity index (χ4n) is 1.23. The van der Waals surface area contributed by atoms with Crippen LogP contribution in [0.1, 0.15) is 11.6 Å². The van der Waals surface area contributed by atoms with Crippen LogP contribution in [-0.4, -0.2) is 18.8 Å². The van der Waals surface area contributed by atoms with Gasteiger partial charge in [0, 0.05) is 11.3 Å². The quantitative estimate of drug-likeness (QED) is 0.586. The van der Waals surface area contributed by atoms with Gasteiger partial charge in [-0.3, -0.25) is 0 Å². The predicted molar refractivity (Wildman–Crippen MR) is 51.4 cm³/mol. The highest BCUT2D eigenvalue weighted by molar-refractivity contribution is 5.55. The number of nitrogens with two attached hydrogens (primary N) is 2. The number of methoxy groups -OCH3 is 1. The number of benzene rings is 1. The summed E-state index contributed by atoms with van der Waals surface area (Å²) in [5, 5.41) is 8.90. The van der Waals surface area contributed by atoms with Crippen LogP contribution >= 0.6 is 0 Å². The van der Waals surface area contributed by atoms with E-state index >= 15 is 0 Å². The molecule has 72 valence electrons. The molecule has 1 unspecified atom stereocenters. The lowest BCUT2D eigenvalue weighted by Crippen LogP contribution is -2.17. The van der Waals surface area contributed by atoms with E-state index in [2.05, 4.69) is 0 Å². The Morgan fingerprint density at radius 3 is 2.77 bits per heavy atom. The number of hydrogen-bond donors (Lipinski definition) is 3. The lowest BCUT2D eigenvalue weighted by molar-refractivity contribution is 0.265. The monoisotopic (exact) mass is 182 g/mol. The van der Waals surface area contributed by atoms with E-state index in [1.165, 1.54) is 0 Å². The molecule has 0 aliphatic heterocycles. The third kappa shape index (κ3) is 1.91. The highest BCUT2D eigenvalue weighted by Crippen LogP contribution is 2.28. The average molecular weight is 182 g/mol. The Bertz CT molecular complexity index is 289. The molecule has 0 aliphatic rings. The van der Waals surface area contributed by atoms with Crippen LogP contribution in [0.25, 0.3) is 0 Å². The minimum absolute atomic E-state index is 0.148. The molecule has 0 heterocycles. The zero-order valence-electron chi connectivity index (χ0n) is 7.53. The molecule has 0 saturated carbocycles. The average Bonchev–Trinajstić information content (AvgIpc) is 2.16. The Hall–Kier alpha value is -1.26. The molecule has 1 aromatic carbocycles. The predicted octanol–water partition coefficient (Wildman–Crippen LogP) is 0.269. The molecule has 0 radical (unpaired) electrons. The van der Waals surface area contributed by atoms with Gasteiger partial charge in [-0.25, -0.2) is 0 Å². The van der Waals surface area contributed by atoms with Gasteiger partial charge in [-0.1, -0.05) is 6.07 Å². The summed E-state index contributed by atoms with van der Waals surface area (Å²) in [4.78, 5) is 0. The minimum atomic E-state index is -0.490. The lowest BCUT2D eigenvalue weighted by atomic mass is 10.1. The highest BCUT2D eigenvalue weighted by Gasteiger charge is 2.13. The maximum atomic E-state index is 8.90. The van der Waals surface area contributed by atoms with E-state index in [4.69, 9.17) is 21.3 Å². The van der Waals surface area contributed by atoms with Gasteiger partial charge in [-0.2, -0.15) is 0 Å². The number of ether oxygens (including phenoxy) is 1. The van der Waals surface area contributed by atoms with E-state index in [1.807, 2.05) is 0 Å². The summed E-state index contributed by atoms with van der Waals surface area (Å²) < 4.78 is 5.08. The molecule has 0 bridgehead atoms. The Morgan fingerprint density at radius 1 is 1.54 bits per heavy atom. The van der Waals surface area contributed by atoms with E-state index < -0.39 is 6.04 Å². The second-order valence-corrected chi connectivity index (χ2v) is 2.75. The summed E-state index contributed by atoms with van der Waals surface area (Å²) in [6.07, 6.45) is 0. The molecule has 1 aromatic rings. The highest BCUT2D eigenvalue weighted by atomic mass is 16.5. The summed E-state index contributed by atoms with van der Waals surface area (Å²) >= 11 is 0. The van der Waals surface area contributed by atoms with Gasteiger partial charge in [0.15, 0.2) is 0 Å². The van der Waals surface area contributed by atoms with Gasteiger partial charge in [0.25, 0.3) is 0 Å². The Labute approximate surface area is 77.1 Å². The van der Waals surface area contributed by atoms with Crippen LogP contribution < -0.4 is 16.2 Å². The molecule has 0 aliphatic carbocycles. The number of anilines is 1. The summed E-state index contributed by atoms with van der Waals surface area (Å²) in [5.74, 6) is 0.613. The Balaban J connectivity index is 3.14. The topological polar surface area (TPSA) is 81.5 Å². The van der Waals surface area contributed by atoms with Crippen LogP contribution in [0.3, 0.4) is 0 Å². The molecule has 0 saturated heterocycles. The molecule has 0 aromatic heterocycles. The molecule has 0 spiro atoms. The fourth-order valence-corrected chi connectivity index (χ4v) is 1.23. The number of hydrogen-bond acceptors (Lipinski definition) is 4. The second-order valence-electron chi connectivity index (χ2n) is 2.75. The van der Waals surface area contributed by atoms with Crippen molar-refractivity contribution in [1.82, 2.24) is 0 Å². The van der Waals surface area contributed by atoms with Crippen molar-refractivity contribution in [3.63, 3.8) is 0 Å². The van der Waals surface area contributed by atoms with Crippen LogP contribution in [0.15, 0.2) is 18.2 Å². The van der Waals surface area contributed by atoms with Crippen molar-refractivity contribution in [3.8, 4) is 5.75 Å². The SMILES string of the molecule is COc1cccc(N)c1C(N)CO. The molecule has 0 amide bonds. The van der Waals surface area contributed by atoms with Gasteiger partial charge in [-0.15, -0.1) is 0 Å². The summed E-state index contributed by atoms with van der Waals surface area (Å²) in [7, 11) is 1.54. The molecule has 13 heavy (non-hydrogen) atoms. The first-order valence-electron chi connectivity index (χ1n) is 3.99. The van der Waals surface area contributed by atoms with Crippen molar-refractivity contribution in [3.05, 3.63) is 23.8 Å². The molecule has 1 rings (SSSR count). The normalized spacial score (nSPS) is 12.5. The van der Waals surface area contributed by atoms with E-state index in [0.717, 1.165) is 0 Å². The standard InChI is InChI=1S/C9H14N2O2/c1-13-8-4-2-3-6(10)9(8)7(11)5-12/h2-4,7,12H,5,10-11H2,1H3. The fraction of sp³-hybridized carbons (Fsp3) is 0.333. The van der Waals surface area contributed by atoms with Crippen LogP contribution in [0.5, 0.6) is 5.75 Å². The van der Waals surface area contributed by atoms with E-state index in [-0.39, 0.29) is 6.61 Å². The second kappa shape index (κ2) is 4.11. The maximum absolute atomic E-state index is 8.90. The van der Waals surface area contributed by atoms with Crippen LogP contribution in [-0.2, 0) is 0 Å². The van der Waals surface area contributed by atoms with E-state index in [1.54, 1.807) is 25.3 Å². The first-order valence-corrected chi connectivity index (χ1v) is 3.99. The third-order valence-corrected chi connectivity index (χ3v) is 1.89. The zero-order valence-corrected chi connectivity index (χ0v) is 7.53. The van der Waals surface area contributed by atoms with Gasteiger partial charge < -0.3 is 21.3 Å². The molecule has 5 N–H and O–H groups in total. The number of rotatable bonds is 3. The summed E-state index contributed by atoms with van der Waals surface area (Å²) in [6, 6.07) is 4.78. The molecular weight excluding hydrogens is 168 g/mol. The van der Waals surface area contributed by atoms with Crippen molar-refractivity contribution < 1.29 is 9.84 Å². The number of nitrogen functional groups attached to an aromatic ring is 1. The van der Waals surface area contributed by atoms with Gasteiger partial charge in [0.05, 0.1) is 19.8 Å². The van der Waals surface area contributed by atoms with Crippen LogP contribution in [0.4, 0.5) is 5.69 Å². The van der Waals surface area contributed by atoms with E-state index in [9.17, 15) is 0 Å². The Kier molecular flexibility index (Phi) is 3.11. The zero-order chi connectivity index (χ0) is 9.84. The Morgan fingerprint density at radius 2 is 2.23 bits per heavy atom. The van der Waals surface area contributed by atoms with Crippen molar-refractivity contribution in [2.45, 2.75) is 6.04 Å². The number of aliphatic hydroxyl groups excluding tert-OH is 1. The minimum Gasteiger partial charge on any atom is -0.496 e. The molecule has 4 heteroatoms. The van der Waals surface area contributed by atoms with Gasteiger partial charge in [-0.05, 0) is 12.1 Å². The van der Waals surface area contributed by atoms with Crippen molar-refractivity contribution in [2.75, 3.05) is 19.5 Å². The molecular formula is C9H14N2O2. The lowest BCUT2D eigenvalue weighted by Gasteiger charge is -2.15. The smallest absolute Gasteiger partial charge is 0.125 e. The summed E-state index contributed by atoms with van der Waals surface area (Å²) in [5.41, 5.74) is 12.6. The van der Waals surface area contributed by atoms with Crippen LogP contribution in [0, 0.1) is 0 Å². The largest absolute Gasteiger partial charge is 0.496 e. The molecule has 4 nitrogen and oxygen atoms in total. The summed E-state index contributed by atoms with van der Waals surface area (Å²) in [6.45, 7) is -0.148. The van der Waals surface area contributed by atoms with Crippen LogP contribution in [0.2, 0.25) is 0 Å². The first kappa shape index (κ1) is 9.83. The number of aliphatic hydroxyl groups is 1. The molecule has 1 atom stereocenters. The molecule has 0 fully saturated rings. The van der Waals surface area contributed by atoms with Gasteiger partial charge in [0.1, 0.15) is 5.75 Å². The third-order valence-electron chi connectivity index (χ3n) is 1.89. The van der Waals surface area contributed by atoms with Gasteiger partial charge >= 0.3 is 0 Å². The van der Waals surface area contributed by atoms with Crippen molar-refractivity contribution >= 4 is 5.69 Å². The maximum Gasteiger partial charge on any atom is 0.125 e. The van der Waals surface area contributed by atoms with Gasteiger partial charge in [0.2, 0.25) is 0 Å². The first-order chi connectivity index (χ1) is 6.20. The van der Waals surface area contributed by atoms with Crippen molar-refractivity contribution in [1.29, 1.82) is 0 Å². The van der Waals surface area contributed by atoms with E-state index in [0.29, 0.717) is 17.0 Å².